The van der Waals surface area contributed by atoms with E-state index in [1.165, 1.54) is 16.9 Å². The number of carboxylic acids is 1. The number of aliphatic carboxylic acids is 1. The fourth-order valence-electron chi connectivity index (χ4n) is 1.75. The molecule has 20 heavy (non-hydrogen) atoms. The van der Waals surface area contributed by atoms with E-state index < -0.39 is 5.97 Å². The van der Waals surface area contributed by atoms with Crippen LogP contribution in [0.25, 0.3) is 0 Å². The van der Waals surface area contributed by atoms with Gasteiger partial charge in [0, 0.05) is 5.38 Å². The molecular weight excluding hydrogens is 274 g/mol. The Morgan fingerprint density at radius 3 is 2.65 bits per heavy atom. The molecule has 0 aliphatic carbocycles. The van der Waals surface area contributed by atoms with Crippen molar-refractivity contribution < 1.29 is 14.6 Å². The molecule has 0 aliphatic heterocycles. The van der Waals surface area contributed by atoms with E-state index >= 15 is 0 Å². The van der Waals surface area contributed by atoms with Crippen LogP contribution < -0.4 is 4.74 Å². The van der Waals surface area contributed by atoms with Gasteiger partial charge in [0.25, 0.3) is 0 Å². The van der Waals surface area contributed by atoms with Crippen molar-refractivity contribution >= 4 is 17.3 Å². The quantitative estimate of drug-likeness (QED) is 0.885. The van der Waals surface area contributed by atoms with Crippen molar-refractivity contribution in [2.45, 2.75) is 32.8 Å². The lowest BCUT2D eigenvalue weighted by Gasteiger charge is -2.07. The Hall–Kier alpha value is -1.88. The molecule has 4 nitrogen and oxygen atoms in total. The lowest BCUT2D eigenvalue weighted by Crippen LogP contribution is -2.01. The molecule has 5 heteroatoms. The molecule has 2 rings (SSSR count). The molecular formula is C15H17NO3S. The smallest absolute Gasteiger partial charge is 0.309 e. The van der Waals surface area contributed by atoms with E-state index in [-0.39, 0.29) is 6.42 Å². The molecule has 0 aliphatic rings. The van der Waals surface area contributed by atoms with Crippen LogP contribution in [0.15, 0.2) is 29.6 Å². The SMILES string of the molecule is CC(C)c1ccc(OCc2nc(CC(=O)O)cs2)cc1. The summed E-state index contributed by atoms with van der Waals surface area (Å²) in [5.41, 5.74) is 1.85. The van der Waals surface area contributed by atoms with Gasteiger partial charge in [0.05, 0.1) is 12.1 Å². The van der Waals surface area contributed by atoms with Crippen molar-refractivity contribution in [3.8, 4) is 5.75 Å². The highest BCUT2D eigenvalue weighted by molar-refractivity contribution is 7.09. The second-order valence-electron chi connectivity index (χ2n) is 4.82. The lowest BCUT2D eigenvalue weighted by molar-refractivity contribution is -0.136. The van der Waals surface area contributed by atoms with E-state index in [9.17, 15) is 4.79 Å². The summed E-state index contributed by atoms with van der Waals surface area (Å²) < 4.78 is 5.65. The van der Waals surface area contributed by atoms with Crippen molar-refractivity contribution in [1.82, 2.24) is 4.98 Å². The van der Waals surface area contributed by atoms with Crippen LogP contribution in [-0.4, -0.2) is 16.1 Å². The van der Waals surface area contributed by atoms with Gasteiger partial charge < -0.3 is 9.84 Å². The molecule has 0 unspecified atom stereocenters. The predicted octanol–water partition coefficient (Wildman–Crippen LogP) is 3.47. The van der Waals surface area contributed by atoms with Gasteiger partial charge in [-0.1, -0.05) is 26.0 Å². The van der Waals surface area contributed by atoms with Crippen molar-refractivity contribution in [1.29, 1.82) is 0 Å². The Labute approximate surface area is 122 Å². The van der Waals surface area contributed by atoms with Crippen LogP contribution in [0.2, 0.25) is 0 Å². The number of rotatable bonds is 6. The number of carbonyl (C=O) groups is 1. The van der Waals surface area contributed by atoms with Crippen LogP contribution >= 0.6 is 11.3 Å². The van der Waals surface area contributed by atoms with Gasteiger partial charge in [-0.2, -0.15) is 0 Å². The molecule has 0 atom stereocenters. The fraction of sp³-hybridized carbons (Fsp3) is 0.333. The molecule has 0 bridgehead atoms. The maximum atomic E-state index is 10.6. The van der Waals surface area contributed by atoms with Crippen molar-refractivity contribution in [3.05, 3.63) is 45.9 Å². The minimum atomic E-state index is -0.868. The average Bonchev–Trinajstić information content (AvgIpc) is 2.83. The number of hydrogen-bond donors (Lipinski definition) is 1. The molecule has 1 N–H and O–H groups in total. The summed E-state index contributed by atoms with van der Waals surface area (Å²) in [7, 11) is 0. The zero-order valence-electron chi connectivity index (χ0n) is 11.5. The van der Waals surface area contributed by atoms with Gasteiger partial charge in [-0.25, -0.2) is 4.98 Å². The third kappa shape index (κ3) is 4.06. The zero-order chi connectivity index (χ0) is 14.5. The van der Waals surface area contributed by atoms with Gasteiger partial charge >= 0.3 is 5.97 Å². The number of hydrogen-bond acceptors (Lipinski definition) is 4. The van der Waals surface area contributed by atoms with Gasteiger partial charge in [-0.15, -0.1) is 11.3 Å². The first-order valence-corrected chi connectivity index (χ1v) is 7.30. The fourth-order valence-corrected chi connectivity index (χ4v) is 2.45. The van der Waals surface area contributed by atoms with Crippen molar-refractivity contribution in [2.24, 2.45) is 0 Å². The largest absolute Gasteiger partial charge is 0.486 e. The summed E-state index contributed by atoms with van der Waals surface area (Å²) in [6.45, 7) is 4.66. The van der Waals surface area contributed by atoms with Gasteiger partial charge in [0.1, 0.15) is 17.4 Å². The molecule has 1 heterocycles. The van der Waals surface area contributed by atoms with E-state index in [0.717, 1.165) is 10.8 Å². The summed E-state index contributed by atoms with van der Waals surface area (Å²) in [5, 5.41) is 11.2. The molecule has 2 aromatic rings. The van der Waals surface area contributed by atoms with E-state index in [1.54, 1.807) is 5.38 Å². The van der Waals surface area contributed by atoms with Crippen LogP contribution in [0.4, 0.5) is 0 Å². The Kier molecular flexibility index (Phi) is 4.74. The van der Waals surface area contributed by atoms with E-state index in [0.29, 0.717) is 18.2 Å². The van der Waals surface area contributed by atoms with Gasteiger partial charge in [0.2, 0.25) is 0 Å². The molecule has 1 aromatic carbocycles. The Morgan fingerprint density at radius 1 is 1.35 bits per heavy atom. The van der Waals surface area contributed by atoms with E-state index in [4.69, 9.17) is 9.84 Å². The molecule has 0 saturated heterocycles. The average molecular weight is 291 g/mol. The van der Waals surface area contributed by atoms with Crippen molar-refractivity contribution in [2.75, 3.05) is 0 Å². The number of benzene rings is 1. The standard InChI is InChI=1S/C15H17NO3S/c1-10(2)11-3-5-13(6-4-11)19-8-14-16-12(9-20-14)7-15(17)18/h3-6,9-10H,7-8H2,1-2H3,(H,17,18). The minimum absolute atomic E-state index is 0.0421. The minimum Gasteiger partial charge on any atom is -0.486 e. The molecule has 106 valence electrons. The van der Waals surface area contributed by atoms with Gasteiger partial charge in [0.15, 0.2) is 0 Å². The highest BCUT2D eigenvalue weighted by Gasteiger charge is 2.07. The Bertz CT molecular complexity index is 575. The number of ether oxygens (including phenoxy) is 1. The maximum Gasteiger partial charge on any atom is 0.309 e. The maximum absolute atomic E-state index is 10.6. The van der Waals surface area contributed by atoms with Crippen LogP contribution in [0.1, 0.15) is 36.0 Å². The van der Waals surface area contributed by atoms with E-state index in [1.807, 2.05) is 12.1 Å². The predicted molar refractivity (Wildman–Crippen MR) is 78.3 cm³/mol. The zero-order valence-corrected chi connectivity index (χ0v) is 12.3. The van der Waals surface area contributed by atoms with Gasteiger partial charge in [-0.05, 0) is 23.6 Å². The monoisotopic (exact) mass is 291 g/mol. The number of aromatic nitrogens is 1. The van der Waals surface area contributed by atoms with Crippen LogP contribution in [0.3, 0.4) is 0 Å². The first-order valence-electron chi connectivity index (χ1n) is 6.42. The summed E-state index contributed by atoms with van der Waals surface area (Å²) in [6.07, 6.45) is -0.0421. The molecule has 0 spiro atoms. The first kappa shape index (κ1) is 14.5. The number of thiazole rings is 1. The molecule has 0 saturated carbocycles. The third-order valence-electron chi connectivity index (χ3n) is 2.84. The topological polar surface area (TPSA) is 59.4 Å². The summed E-state index contributed by atoms with van der Waals surface area (Å²) in [4.78, 5) is 14.8. The molecule has 0 fully saturated rings. The highest BCUT2D eigenvalue weighted by atomic mass is 32.1. The summed E-state index contributed by atoms with van der Waals surface area (Å²) in [5.74, 6) is 0.429. The summed E-state index contributed by atoms with van der Waals surface area (Å²) in [6, 6.07) is 8.00. The highest BCUT2D eigenvalue weighted by Crippen LogP contribution is 2.20. The third-order valence-corrected chi connectivity index (χ3v) is 3.71. The number of nitrogens with zero attached hydrogens (tertiary/aromatic N) is 1. The first-order chi connectivity index (χ1) is 9.54. The molecule has 0 radical (unpaired) electrons. The summed E-state index contributed by atoms with van der Waals surface area (Å²) >= 11 is 1.42. The number of carboxylic acid groups (broad SMARTS) is 1. The lowest BCUT2D eigenvalue weighted by atomic mass is 10.0. The van der Waals surface area contributed by atoms with E-state index in [2.05, 4.69) is 31.0 Å². The second-order valence-corrected chi connectivity index (χ2v) is 5.76. The Balaban J connectivity index is 1.91. The molecule has 1 aromatic heterocycles. The second kappa shape index (κ2) is 6.52. The Morgan fingerprint density at radius 2 is 2.05 bits per heavy atom. The van der Waals surface area contributed by atoms with Crippen molar-refractivity contribution in [3.63, 3.8) is 0 Å². The molecule has 0 amide bonds. The van der Waals surface area contributed by atoms with Gasteiger partial charge in [-0.3, -0.25) is 4.79 Å². The van der Waals surface area contributed by atoms with Crippen LogP contribution in [0.5, 0.6) is 5.75 Å². The normalized spacial score (nSPS) is 10.8. The van der Waals surface area contributed by atoms with Crippen LogP contribution in [-0.2, 0) is 17.8 Å². The van der Waals surface area contributed by atoms with Crippen LogP contribution in [0, 0.1) is 0 Å².